The first-order valence-corrected chi connectivity index (χ1v) is 8.26. The molecule has 0 saturated carbocycles. The highest BCUT2D eigenvalue weighted by Gasteiger charge is 2.13. The number of hydrogen-bond donors (Lipinski definition) is 3. The number of phenolic OH excluding ortho intramolecular Hbond substituents is 1. The number of carbonyl (C=O) groups excluding carboxylic acids is 1. The van der Waals surface area contributed by atoms with Gasteiger partial charge in [0, 0.05) is 5.56 Å². The molecule has 0 radical (unpaired) electrons. The smallest absolute Gasteiger partial charge is 0.255 e. The van der Waals surface area contributed by atoms with E-state index in [1.165, 1.54) is 6.07 Å². The van der Waals surface area contributed by atoms with Gasteiger partial charge in [0.25, 0.3) is 5.91 Å². The van der Waals surface area contributed by atoms with Crippen molar-refractivity contribution in [3.05, 3.63) is 59.4 Å². The van der Waals surface area contributed by atoms with Crippen molar-refractivity contribution in [1.29, 1.82) is 0 Å². The van der Waals surface area contributed by atoms with Gasteiger partial charge in [0.05, 0.1) is 19.2 Å². The predicted molar refractivity (Wildman–Crippen MR) is 97.0 cm³/mol. The summed E-state index contributed by atoms with van der Waals surface area (Å²) in [5.74, 6) is 1.41. The van der Waals surface area contributed by atoms with Gasteiger partial charge in [-0.3, -0.25) is 9.89 Å². The SMILES string of the molecule is CCc1ccc(O)c(C(=O)NCc2nc(-c3ccc(OC)cc3)n[nH]2)c1. The Hall–Kier alpha value is -3.35. The zero-order valence-corrected chi connectivity index (χ0v) is 14.6. The lowest BCUT2D eigenvalue weighted by molar-refractivity contribution is 0.0947. The van der Waals surface area contributed by atoms with Gasteiger partial charge in [0.15, 0.2) is 5.82 Å². The third-order valence-electron chi connectivity index (χ3n) is 4.01. The Balaban J connectivity index is 1.67. The molecule has 1 heterocycles. The molecule has 0 unspecified atom stereocenters. The first-order chi connectivity index (χ1) is 12.6. The summed E-state index contributed by atoms with van der Waals surface area (Å²) in [6, 6.07) is 12.4. The number of hydrogen-bond acceptors (Lipinski definition) is 5. The molecule has 2 aromatic carbocycles. The number of carbonyl (C=O) groups is 1. The van der Waals surface area contributed by atoms with Gasteiger partial charge in [0.2, 0.25) is 0 Å². The summed E-state index contributed by atoms with van der Waals surface area (Å²) in [5.41, 5.74) is 2.07. The lowest BCUT2D eigenvalue weighted by atomic mass is 10.1. The maximum absolute atomic E-state index is 12.3. The van der Waals surface area contributed by atoms with Crippen molar-refractivity contribution >= 4 is 5.91 Å². The quantitative estimate of drug-likeness (QED) is 0.633. The summed E-state index contributed by atoms with van der Waals surface area (Å²) >= 11 is 0. The molecule has 0 aliphatic rings. The summed E-state index contributed by atoms with van der Waals surface area (Å²) in [6.07, 6.45) is 0.786. The Morgan fingerprint density at radius 1 is 1.23 bits per heavy atom. The molecule has 0 atom stereocenters. The Kier molecular flexibility index (Phi) is 5.17. The van der Waals surface area contributed by atoms with Gasteiger partial charge in [-0.1, -0.05) is 13.0 Å². The van der Waals surface area contributed by atoms with Crippen LogP contribution in [0.25, 0.3) is 11.4 Å². The predicted octanol–water partition coefficient (Wildman–Crippen LogP) is 2.68. The molecule has 26 heavy (non-hydrogen) atoms. The van der Waals surface area contributed by atoms with E-state index in [9.17, 15) is 9.90 Å². The molecule has 134 valence electrons. The molecule has 0 saturated heterocycles. The second kappa shape index (κ2) is 7.69. The van der Waals surface area contributed by atoms with Crippen molar-refractivity contribution in [3.63, 3.8) is 0 Å². The highest BCUT2D eigenvalue weighted by molar-refractivity contribution is 5.96. The van der Waals surface area contributed by atoms with Gasteiger partial charge in [-0.05, 0) is 48.4 Å². The number of ether oxygens (including phenoxy) is 1. The van der Waals surface area contributed by atoms with Crippen LogP contribution < -0.4 is 10.1 Å². The summed E-state index contributed by atoms with van der Waals surface area (Å²) < 4.78 is 5.13. The van der Waals surface area contributed by atoms with Crippen molar-refractivity contribution in [3.8, 4) is 22.9 Å². The van der Waals surface area contributed by atoms with Crippen LogP contribution in [0.3, 0.4) is 0 Å². The molecule has 3 N–H and O–H groups in total. The zero-order valence-electron chi connectivity index (χ0n) is 14.6. The fourth-order valence-corrected chi connectivity index (χ4v) is 2.49. The van der Waals surface area contributed by atoms with E-state index in [0.717, 1.165) is 23.3 Å². The Morgan fingerprint density at radius 3 is 2.69 bits per heavy atom. The van der Waals surface area contributed by atoms with E-state index in [-0.39, 0.29) is 23.8 Å². The van der Waals surface area contributed by atoms with Crippen LogP contribution in [-0.2, 0) is 13.0 Å². The number of methoxy groups -OCH3 is 1. The minimum absolute atomic E-state index is 0.0452. The van der Waals surface area contributed by atoms with Gasteiger partial charge in [0.1, 0.15) is 17.3 Å². The van der Waals surface area contributed by atoms with Crippen LogP contribution in [0.4, 0.5) is 0 Å². The van der Waals surface area contributed by atoms with E-state index in [1.807, 2.05) is 31.2 Å². The molecule has 3 rings (SSSR count). The second-order valence-corrected chi connectivity index (χ2v) is 5.72. The van der Waals surface area contributed by atoms with Crippen LogP contribution in [0.1, 0.15) is 28.7 Å². The Labute approximate surface area is 151 Å². The Bertz CT molecular complexity index is 903. The first-order valence-electron chi connectivity index (χ1n) is 8.26. The van der Waals surface area contributed by atoms with Crippen molar-refractivity contribution in [1.82, 2.24) is 20.5 Å². The summed E-state index contributed by atoms with van der Waals surface area (Å²) in [4.78, 5) is 16.7. The second-order valence-electron chi connectivity index (χ2n) is 5.72. The number of nitrogens with one attached hydrogen (secondary N) is 2. The van der Waals surface area contributed by atoms with Crippen LogP contribution in [0, 0.1) is 0 Å². The van der Waals surface area contributed by atoms with Gasteiger partial charge in [-0.15, -0.1) is 0 Å². The summed E-state index contributed by atoms with van der Waals surface area (Å²) in [7, 11) is 1.61. The highest BCUT2D eigenvalue weighted by Crippen LogP contribution is 2.20. The largest absolute Gasteiger partial charge is 0.507 e. The van der Waals surface area contributed by atoms with Crippen molar-refractivity contribution in [2.24, 2.45) is 0 Å². The van der Waals surface area contributed by atoms with E-state index < -0.39 is 0 Å². The standard InChI is InChI=1S/C19H20N4O3/c1-3-12-4-9-16(24)15(10-12)19(25)20-11-17-21-18(23-22-17)13-5-7-14(26-2)8-6-13/h4-10,24H,3,11H2,1-2H3,(H,20,25)(H,21,22,23). The number of aromatic amines is 1. The van der Waals surface area contributed by atoms with Crippen molar-refractivity contribution in [2.75, 3.05) is 7.11 Å². The number of aromatic hydroxyl groups is 1. The molecule has 7 nitrogen and oxygen atoms in total. The number of amides is 1. The molecule has 0 bridgehead atoms. The van der Waals surface area contributed by atoms with Gasteiger partial charge in [-0.25, -0.2) is 4.98 Å². The molecule has 0 aliphatic carbocycles. The maximum Gasteiger partial charge on any atom is 0.255 e. The van der Waals surface area contributed by atoms with E-state index in [4.69, 9.17) is 4.74 Å². The van der Waals surface area contributed by atoms with Crippen LogP contribution in [-0.4, -0.2) is 33.3 Å². The molecule has 0 fully saturated rings. The third-order valence-corrected chi connectivity index (χ3v) is 4.01. The molecule has 7 heteroatoms. The molecule has 1 aromatic heterocycles. The molecule has 0 spiro atoms. The van der Waals surface area contributed by atoms with Gasteiger partial charge < -0.3 is 15.2 Å². The Morgan fingerprint density at radius 2 is 2.00 bits per heavy atom. The number of rotatable bonds is 6. The lowest BCUT2D eigenvalue weighted by Crippen LogP contribution is -2.23. The molecule has 0 aliphatic heterocycles. The number of nitrogens with zero attached hydrogens (tertiary/aromatic N) is 2. The van der Waals surface area contributed by atoms with E-state index in [0.29, 0.717) is 11.6 Å². The fourth-order valence-electron chi connectivity index (χ4n) is 2.49. The van der Waals surface area contributed by atoms with E-state index >= 15 is 0 Å². The molecule has 3 aromatic rings. The number of benzene rings is 2. The van der Waals surface area contributed by atoms with Gasteiger partial charge in [-0.2, -0.15) is 5.10 Å². The highest BCUT2D eigenvalue weighted by atomic mass is 16.5. The number of aryl methyl sites for hydroxylation is 1. The van der Waals surface area contributed by atoms with Crippen molar-refractivity contribution < 1.29 is 14.6 Å². The number of aromatic nitrogens is 3. The molecular weight excluding hydrogens is 332 g/mol. The summed E-state index contributed by atoms with van der Waals surface area (Å²) in [6.45, 7) is 2.17. The fraction of sp³-hybridized carbons (Fsp3) is 0.211. The first kappa shape index (κ1) is 17.5. The van der Waals surface area contributed by atoms with Crippen LogP contribution in [0.5, 0.6) is 11.5 Å². The average molecular weight is 352 g/mol. The lowest BCUT2D eigenvalue weighted by Gasteiger charge is -2.07. The van der Waals surface area contributed by atoms with Crippen LogP contribution >= 0.6 is 0 Å². The third kappa shape index (κ3) is 3.83. The minimum Gasteiger partial charge on any atom is -0.507 e. The molecule has 1 amide bonds. The van der Waals surface area contributed by atoms with Crippen LogP contribution in [0.2, 0.25) is 0 Å². The monoisotopic (exact) mass is 352 g/mol. The summed E-state index contributed by atoms with van der Waals surface area (Å²) in [5, 5.41) is 19.6. The van der Waals surface area contributed by atoms with Crippen molar-refractivity contribution in [2.45, 2.75) is 19.9 Å². The minimum atomic E-state index is -0.361. The van der Waals surface area contributed by atoms with E-state index in [1.54, 1.807) is 19.2 Å². The average Bonchev–Trinajstić information content (AvgIpc) is 3.15. The number of H-pyrrole nitrogens is 1. The zero-order chi connectivity index (χ0) is 18.5. The normalized spacial score (nSPS) is 10.5. The number of phenols is 1. The van der Waals surface area contributed by atoms with E-state index in [2.05, 4.69) is 20.5 Å². The maximum atomic E-state index is 12.3. The topological polar surface area (TPSA) is 100 Å². The van der Waals surface area contributed by atoms with Gasteiger partial charge >= 0.3 is 0 Å². The molecular formula is C19H20N4O3. The van der Waals surface area contributed by atoms with Crippen LogP contribution in [0.15, 0.2) is 42.5 Å².